The molecule has 0 radical (unpaired) electrons. The quantitative estimate of drug-likeness (QED) is 0.195. The highest BCUT2D eigenvalue weighted by atomic mass is 16.3. The molecule has 0 bridgehead atoms. The molecule has 1 aliphatic rings. The Labute approximate surface area is 270 Å². The van der Waals surface area contributed by atoms with Gasteiger partial charge in [0.1, 0.15) is 11.5 Å². The lowest BCUT2D eigenvalue weighted by atomic mass is 10.0. The lowest BCUT2D eigenvalue weighted by molar-refractivity contribution is 0.593. The number of aliphatic imine (C=N–C) groups is 1. The molecule has 9 rings (SSSR count). The van der Waals surface area contributed by atoms with Gasteiger partial charge in [-0.15, -0.1) is 0 Å². The van der Waals surface area contributed by atoms with Crippen molar-refractivity contribution in [1.82, 2.24) is 19.9 Å². The van der Waals surface area contributed by atoms with E-state index < -0.39 is 0 Å². The van der Waals surface area contributed by atoms with Gasteiger partial charge in [0.05, 0.1) is 0 Å². The summed E-state index contributed by atoms with van der Waals surface area (Å²) in [7, 11) is 0. The molecule has 0 atom stereocenters. The van der Waals surface area contributed by atoms with Crippen LogP contribution in [-0.2, 0) is 0 Å². The Kier molecular flexibility index (Phi) is 6.38. The number of furan rings is 1. The maximum atomic E-state index is 6.27. The molecular weight excluding hydrogens is 580 g/mol. The van der Waals surface area contributed by atoms with Crippen molar-refractivity contribution in [2.24, 2.45) is 4.99 Å². The van der Waals surface area contributed by atoms with Crippen LogP contribution in [-0.4, -0.2) is 32.3 Å². The maximum absolute atomic E-state index is 6.27. The monoisotopic (exact) mass is 605 g/mol. The van der Waals surface area contributed by atoms with E-state index in [1.165, 1.54) is 5.39 Å². The summed E-state index contributed by atoms with van der Waals surface area (Å²) in [6, 6.07) is 44.9. The molecule has 0 fully saturated rings. The first-order valence-corrected chi connectivity index (χ1v) is 15.4. The van der Waals surface area contributed by atoms with Crippen LogP contribution < -0.4 is 0 Å². The van der Waals surface area contributed by atoms with Crippen molar-refractivity contribution in [1.29, 1.82) is 0 Å². The van der Waals surface area contributed by atoms with Gasteiger partial charge in [-0.05, 0) is 35.1 Å². The summed E-state index contributed by atoms with van der Waals surface area (Å²) in [6.45, 7) is 0.338. The molecule has 47 heavy (non-hydrogen) atoms. The minimum atomic E-state index is 0.338. The van der Waals surface area contributed by atoms with Crippen LogP contribution in [0, 0.1) is 0 Å². The topological polar surface area (TPSA) is 91.2 Å². The van der Waals surface area contributed by atoms with Gasteiger partial charge < -0.3 is 9.73 Å². The highest BCUT2D eigenvalue weighted by Gasteiger charge is 2.20. The van der Waals surface area contributed by atoms with E-state index in [9.17, 15) is 0 Å². The molecule has 222 valence electrons. The van der Waals surface area contributed by atoms with E-state index in [2.05, 4.69) is 48.5 Å². The zero-order chi connectivity index (χ0) is 31.2. The highest BCUT2D eigenvalue weighted by Crippen LogP contribution is 2.41. The molecule has 0 saturated heterocycles. The van der Waals surface area contributed by atoms with Gasteiger partial charge in [-0.1, -0.05) is 127 Å². The molecule has 0 aliphatic carbocycles. The van der Waals surface area contributed by atoms with Gasteiger partial charge in [0.15, 0.2) is 17.5 Å². The number of rotatable bonds is 5. The zero-order valence-electron chi connectivity index (χ0n) is 25.1. The van der Waals surface area contributed by atoms with Crippen LogP contribution in [0.5, 0.6) is 0 Å². The fourth-order valence-electron chi connectivity index (χ4n) is 6.00. The van der Waals surface area contributed by atoms with Gasteiger partial charge in [0.2, 0.25) is 5.71 Å². The third-order valence-electron chi connectivity index (χ3n) is 8.39. The first-order valence-electron chi connectivity index (χ1n) is 15.4. The van der Waals surface area contributed by atoms with Gasteiger partial charge in [-0.3, -0.25) is 4.99 Å². The standard InChI is InChI=1S/C40H25N6O/c1-3-10-27(11-4-1)37-44-38(28-12-5-2-6-13-28)46-39(45-37)29-18-15-26(16-19-29)32-22-33-35-36(47-40(33)41-23-32)34(42-24-43-35)31-20-17-25-9-7-8-14-30(25)21-31/h1-23H,24H2/q-1. The lowest BCUT2D eigenvalue weighted by Crippen LogP contribution is -2.07. The lowest BCUT2D eigenvalue weighted by Gasteiger charge is -2.25. The third-order valence-corrected chi connectivity index (χ3v) is 8.39. The first kappa shape index (κ1) is 26.9. The molecular formula is C40H25N6O-. The minimum Gasteiger partial charge on any atom is -0.663 e. The van der Waals surface area contributed by atoms with E-state index in [1.807, 2.05) is 91.1 Å². The fraction of sp³-hybridized carbons (Fsp3) is 0.0250. The number of hydrogen-bond acceptors (Lipinski definition) is 6. The first-order chi connectivity index (χ1) is 23.3. The summed E-state index contributed by atoms with van der Waals surface area (Å²) in [4.78, 5) is 24.0. The molecule has 0 saturated carbocycles. The average Bonchev–Trinajstić information content (AvgIpc) is 3.53. The number of pyridine rings is 1. The zero-order valence-corrected chi connectivity index (χ0v) is 25.1. The summed E-state index contributed by atoms with van der Waals surface area (Å²) >= 11 is 0. The van der Waals surface area contributed by atoms with Crippen LogP contribution in [0.3, 0.4) is 0 Å². The average molecular weight is 606 g/mol. The second kappa shape index (κ2) is 11.2. The van der Waals surface area contributed by atoms with Crippen LogP contribution in [0.4, 0.5) is 5.69 Å². The van der Waals surface area contributed by atoms with Crippen molar-refractivity contribution in [3.8, 4) is 45.3 Å². The molecule has 0 unspecified atom stereocenters. The number of fused-ring (bicyclic) bond motifs is 4. The minimum absolute atomic E-state index is 0.338. The highest BCUT2D eigenvalue weighted by molar-refractivity contribution is 6.20. The van der Waals surface area contributed by atoms with Crippen LogP contribution in [0.25, 0.3) is 72.5 Å². The molecule has 1 aliphatic heterocycles. The Morgan fingerprint density at radius 1 is 0.511 bits per heavy atom. The van der Waals surface area contributed by atoms with E-state index in [4.69, 9.17) is 34.7 Å². The van der Waals surface area contributed by atoms with E-state index in [0.29, 0.717) is 35.6 Å². The largest absolute Gasteiger partial charge is 0.663 e. The van der Waals surface area contributed by atoms with Crippen LogP contribution >= 0.6 is 0 Å². The van der Waals surface area contributed by atoms with Crippen molar-refractivity contribution in [2.45, 2.75) is 0 Å². The number of aromatic nitrogens is 4. The molecule has 4 heterocycles. The Bertz CT molecular complexity index is 2390. The molecule has 7 heteroatoms. The van der Waals surface area contributed by atoms with Crippen LogP contribution in [0.1, 0.15) is 11.3 Å². The third kappa shape index (κ3) is 4.91. The fourth-order valence-corrected chi connectivity index (χ4v) is 6.00. The predicted octanol–water partition coefficient (Wildman–Crippen LogP) is 9.65. The van der Waals surface area contributed by atoms with Crippen molar-refractivity contribution >= 4 is 33.3 Å². The van der Waals surface area contributed by atoms with Crippen molar-refractivity contribution in [2.75, 3.05) is 6.67 Å². The van der Waals surface area contributed by atoms with Crippen LogP contribution in [0.2, 0.25) is 0 Å². The molecule has 0 amide bonds. The summed E-state index contributed by atoms with van der Waals surface area (Å²) in [6.07, 6.45) is 1.84. The number of benzene rings is 5. The normalized spacial score (nSPS) is 12.5. The van der Waals surface area contributed by atoms with Gasteiger partial charge >= 0.3 is 0 Å². The molecule has 3 aromatic heterocycles. The Hall–Kier alpha value is -6.47. The SMILES string of the molecule is c1ccc(-c2nc(-c3ccccc3)nc(-c3ccc(-c4cnc5oc6c(c5c4)[N-]CN=C6c4ccc5ccccc5c4)cc3)n2)cc1. The Balaban J connectivity index is 1.07. The maximum Gasteiger partial charge on any atom is 0.225 e. The molecule has 7 nitrogen and oxygen atoms in total. The smallest absolute Gasteiger partial charge is 0.225 e. The van der Waals surface area contributed by atoms with Crippen molar-refractivity contribution in [3.05, 3.63) is 156 Å². The van der Waals surface area contributed by atoms with Crippen LogP contribution in [0.15, 0.2) is 149 Å². The van der Waals surface area contributed by atoms with E-state index in [-0.39, 0.29) is 0 Å². The van der Waals surface area contributed by atoms with Crippen molar-refractivity contribution in [3.63, 3.8) is 0 Å². The number of nitrogens with zero attached hydrogens (tertiary/aromatic N) is 6. The Morgan fingerprint density at radius 2 is 1.09 bits per heavy atom. The van der Waals surface area contributed by atoms with E-state index in [0.717, 1.165) is 55.6 Å². The van der Waals surface area contributed by atoms with Crippen molar-refractivity contribution < 1.29 is 4.42 Å². The second-order valence-electron chi connectivity index (χ2n) is 11.3. The van der Waals surface area contributed by atoms with Gasteiger partial charge in [-0.25, -0.2) is 19.9 Å². The predicted molar refractivity (Wildman–Crippen MR) is 187 cm³/mol. The molecule has 0 N–H and O–H groups in total. The van der Waals surface area contributed by atoms with Gasteiger partial charge in [0, 0.05) is 39.4 Å². The Morgan fingerprint density at radius 3 is 1.77 bits per heavy atom. The van der Waals surface area contributed by atoms with Gasteiger partial charge in [-0.2, -0.15) is 0 Å². The van der Waals surface area contributed by atoms with E-state index in [1.54, 1.807) is 0 Å². The summed E-state index contributed by atoms with van der Waals surface area (Å²) < 4.78 is 6.27. The second-order valence-corrected chi connectivity index (χ2v) is 11.3. The van der Waals surface area contributed by atoms with E-state index >= 15 is 0 Å². The number of hydrogen-bond donors (Lipinski definition) is 0. The molecule has 5 aromatic carbocycles. The summed E-state index contributed by atoms with van der Waals surface area (Å²) in [5.41, 5.74) is 7.87. The molecule has 0 spiro atoms. The van der Waals surface area contributed by atoms with Gasteiger partial charge in [0.25, 0.3) is 0 Å². The molecule has 8 aromatic rings. The summed E-state index contributed by atoms with van der Waals surface area (Å²) in [5, 5.41) is 7.94. The summed E-state index contributed by atoms with van der Waals surface area (Å²) in [5.74, 6) is 2.53.